The molecule has 0 aromatic heterocycles. The molecule has 0 spiro atoms. The van der Waals surface area contributed by atoms with Crippen molar-refractivity contribution >= 4 is 17.8 Å². The topological polar surface area (TPSA) is 52.8 Å². The van der Waals surface area contributed by atoms with Gasteiger partial charge in [0.25, 0.3) is 0 Å². The minimum absolute atomic E-state index is 0.0643. The first-order valence-corrected chi connectivity index (χ1v) is 6.36. The van der Waals surface area contributed by atoms with Gasteiger partial charge in [0, 0.05) is 16.8 Å². The first-order valence-electron chi connectivity index (χ1n) is 5.98. The molecular weight excluding hydrogens is 281 g/mol. The quantitative estimate of drug-likeness (QED) is 0.850. The van der Waals surface area contributed by atoms with Gasteiger partial charge in [0.05, 0.1) is 12.6 Å². The second-order valence-corrected chi connectivity index (χ2v) is 4.70. The van der Waals surface area contributed by atoms with E-state index in [9.17, 15) is 14.6 Å². The number of benzene rings is 2. The van der Waals surface area contributed by atoms with E-state index in [0.29, 0.717) is 16.1 Å². The van der Waals surface area contributed by atoms with Gasteiger partial charge in [0.1, 0.15) is 11.6 Å². The lowest BCUT2D eigenvalue weighted by molar-refractivity contribution is 0.187. The molecule has 0 aliphatic heterocycles. The summed E-state index contributed by atoms with van der Waals surface area (Å²) in [6.07, 6.45) is 0.613. The maximum Gasteiger partial charge on any atom is 0.124 e. The first-order chi connectivity index (χ1) is 9.56. The highest BCUT2D eigenvalue weighted by atomic mass is 35.5. The summed E-state index contributed by atoms with van der Waals surface area (Å²) in [5, 5.41) is 20.0. The smallest absolute Gasteiger partial charge is 0.124 e. The lowest BCUT2D eigenvalue weighted by Gasteiger charge is -2.07. The number of hydrogen-bond donors (Lipinski definition) is 2. The van der Waals surface area contributed by atoms with Crippen LogP contribution in [0, 0.1) is 5.82 Å². The van der Waals surface area contributed by atoms with Crippen LogP contribution in [0.3, 0.4) is 0 Å². The molecule has 2 rings (SSSR count). The molecule has 0 heterocycles. The Morgan fingerprint density at radius 3 is 2.60 bits per heavy atom. The summed E-state index contributed by atoms with van der Waals surface area (Å²) in [4.78, 5) is 4.05. The van der Waals surface area contributed by atoms with Crippen LogP contribution in [0.15, 0.2) is 47.5 Å². The van der Waals surface area contributed by atoms with Crippen molar-refractivity contribution in [1.29, 1.82) is 0 Å². The van der Waals surface area contributed by atoms with Crippen molar-refractivity contribution in [2.45, 2.75) is 6.10 Å². The van der Waals surface area contributed by atoms with E-state index in [-0.39, 0.29) is 18.1 Å². The third-order valence-corrected chi connectivity index (χ3v) is 2.99. The molecular formula is C15H13ClFNO2. The maximum absolute atomic E-state index is 12.8. The van der Waals surface area contributed by atoms with E-state index in [2.05, 4.69) is 4.99 Å². The number of rotatable bonds is 4. The summed E-state index contributed by atoms with van der Waals surface area (Å²) in [6, 6.07) is 10.2. The highest BCUT2D eigenvalue weighted by molar-refractivity contribution is 6.30. The maximum atomic E-state index is 12.8. The highest BCUT2D eigenvalue weighted by Gasteiger charge is 2.06. The molecule has 0 radical (unpaired) electrons. The fraction of sp³-hybridized carbons (Fsp3) is 0.133. The third-order valence-electron chi connectivity index (χ3n) is 2.75. The van der Waals surface area contributed by atoms with Gasteiger partial charge in [-0.2, -0.15) is 0 Å². The number of halogens is 2. The van der Waals surface area contributed by atoms with Gasteiger partial charge in [-0.25, -0.2) is 4.39 Å². The molecule has 0 amide bonds. The zero-order valence-corrected chi connectivity index (χ0v) is 11.3. The molecule has 104 valence electrons. The number of aliphatic hydroxyl groups is 1. The van der Waals surface area contributed by atoms with E-state index in [1.807, 2.05) is 0 Å². The van der Waals surface area contributed by atoms with Crippen LogP contribution in [0.2, 0.25) is 5.02 Å². The van der Waals surface area contributed by atoms with E-state index in [1.165, 1.54) is 36.5 Å². The second kappa shape index (κ2) is 6.50. The molecule has 0 saturated carbocycles. The number of phenolic OH excluding ortho intramolecular Hbond substituents is 1. The predicted octanol–water partition coefficient (Wildman–Crippen LogP) is 3.34. The van der Waals surface area contributed by atoms with Crippen molar-refractivity contribution in [2.75, 3.05) is 6.54 Å². The number of aliphatic hydroxyl groups excluding tert-OH is 1. The molecule has 2 aromatic carbocycles. The van der Waals surface area contributed by atoms with E-state index in [0.717, 1.165) is 0 Å². The zero-order valence-electron chi connectivity index (χ0n) is 10.5. The van der Waals surface area contributed by atoms with Crippen LogP contribution >= 0.6 is 11.6 Å². The lowest BCUT2D eigenvalue weighted by atomic mass is 10.1. The molecule has 1 atom stereocenters. The largest absolute Gasteiger partial charge is 0.507 e. The molecule has 1 unspecified atom stereocenters. The van der Waals surface area contributed by atoms with E-state index in [4.69, 9.17) is 11.6 Å². The van der Waals surface area contributed by atoms with Crippen molar-refractivity contribution in [3.63, 3.8) is 0 Å². The van der Waals surface area contributed by atoms with Crippen molar-refractivity contribution in [1.82, 2.24) is 0 Å². The van der Waals surface area contributed by atoms with Gasteiger partial charge in [-0.1, -0.05) is 23.7 Å². The van der Waals surface area contributed by atoms with Crippen molar-refractivity contribution in [2.24, 2.45) is 4.99 Å². The zero-order chi connectivity index (χ0) is 14.5. The van der Waals surface area contributed by atoms with Gasteiger partial charge in [0.15, 0.2) is 0 Å². The number of phenols is 1. The third kappa shape index (κ3) is 3.79. The Kier molecular flexibility index (Phi) is 4.71. The molecule has 0 bridgehead atoms. The molecule has 20 heavy (non-hydrogen) atoms. The van der Waals surface area contributed by atoms with Crippen LogP contribution in [0.25, 0.3) is 0 Å². The Labute approximate surface area is 121 Å². The van der Waals surface area contributed by atoms with Crippen LogP contribution in [0.5, 0.6) is 5.75 Å². The minimum Gasteiger partial charge on any atom is -0.507 e. The summed E-state index contributed by atoms with van der Waals surface area (Å²) in [5.41, 5.74) is 1.06. The Morgan fingerprint density at radius 1 is 1.20 bits per heavy atom. The second-order valence-electron chi connectivity index (χ2n) is 4.26. The van der Waals surface area contributed by atoms with Gasteiger partial charge in [-0.05, 0) is 35.9 Å². The average Bonchev–Trinajstić information content (AvgIpc) is 2.43. The number of nitrogens with zero attached hydrogens (tertiary/aromatic N) is 1. The van der Waals surface area contributed by atoms with Crippen LogP contribution in [0.4, 0.5) is 4.39 Å². The first kappa shape index (κ1) is 14.5. The molecule has 5 heteroatoms. The molecule has 0 fully saturated rings. The molecule has 0 aliphatic carbocycles. The van der Waals surface area contributed by atoms with Crippen molar-refractivity contribution in [3.8, 4) is 5.75 Å². The van der Waals surface area contributed by atoms with Gasteiger partial charge < -0.3 is 10.2 Å². The molecule has 2 N–H and O–H groups in total. The summed E-state index contributed by atoms with van der Waals surface area (Å²) in [5.74, 6) is -0.289. The molecule has 2 aromatic rings. The van der Waals surface area contributed by atoms with Crippen molar-refractivity contribution in [3.05, 3.63) is 64.4 Å². The summed E-state index contributed by atoms with van der Waals surface area (Å²) in [6.45, 7) is 0.109. The van der Waals surface area contributed by atoms with E-state index < -0.39 is 6.10 Å². The highest BCUT2D eigenvalue weighted by Crippen LogP contribution is 2.20. The summed E-state index contributed by atoms with van der Waals surface area (Å²) in [7, 11) is 0. The van der Waals surface area contributed by atoms with Crippen molar-refractivity contribution < 1.29 is 14.6 Å². The lowest BCUT2D eigenvalue weighted by Crippen LogP contribution is -2.01. The minimum atomic E-state index is -0.826. The average molecular weight is 294 g/mol. The molecule has 0 saturated heterocycles. The normalized spacial score (nSPS) is 12.8. The van der Waals surface area contributed by atoms with Crippen LogP contribution < -0.4 is 0 Å². The fourth-order valence-electron chi connectivity index (χ4n) is 1.67. The van der Waals surface area contributed by atoms with Crippen LogP contribution in [0.1, 0.15) is 17.2 Å². The molecule has 3 nitrogen and oxygen atoms in total. The molecule has 0 aliphatic rings. The van der Waals surface area contributed by atoms with E-state index in [1.54, 1.807) is 12.1 Å². The number of aliphatic imine (C=N–C) groups is 1. The SMILES string of the molecule is Oc1ccc(Cl)cc1C=NCC(O)c1ccc(F)cc1. The summed E-state index contributed by atoms with van der Waals surface area (Å²) >= 11 is 5.81. The van der Waals surface area contributed by atoms with Crippen LogP contribution in [-0.4, -0.2) is 23.0 Å². The standard InChI is InChI=1S/C15H13ClFNO2/c16-12-3-6-14(19)11(7-12)8-18-9-15(20)10-1-4-13(17)5-2-10/h1-8,15,19-20H,9H2. The monoisotopic (exact) mass is 293 g/mol. The number of hydrogen-bond acceptors (Lipinski definition) is 3. The van der Waals surface area contributed by atoms with Gasteiger partial charge in [-0.3, -0.25) is 4.99 Å². The Balaban J connectivity index is 2.02. The van der Waals surface area contributed by atoms with Crippen LogP contribution in [-0.2, 0) is 0 Å². The number of aromatic hydroxyl groups is 1. The fourth-order valence-corrected chi connectivity index (χ4v) is 1.85. The van der Waals surface area contributed by atoms with Gasteiger partial charge in [0.2, 0.25) is 0 Å². The van der Waals surface area contributed by atoms with Gasteiger partial charge >= 0.3 is 0 Å². The van der Waals surface area contributed by atoms with Gasteiger partial charge in [-0.15, -0.1) is 0 Å². The predicted molar refractivity (Wildman–Crippen MR) is 76.9 cm³/mol. The Bertz CT molecular complexity index is 614. The Hall–Kier alpha value is -1.91. The summed E-state index contributed by atoms with van der Waals surface area (Å²) < 4.78 is 12.8. The Morgan fingerprint density at radius 2 is 1.90 bits per heavy atom. The van der Waals surface area contributed by atoms with E-state index >= 15 is 0 Å².